The van der Waals surface area contributed by atoms with Gasteiger partial charge in [0.2, 0.25) is 11.7 Å². The molecule has 0 fully saturated rings. The van der Waals surface area contributed by atoms with Gasteiger partial charge in [0.25, 0.3) is 0 Å². The van der Waals surface area contributed by atoms with Crippen LogP contribution in [0.15, 0.2) is 76.4 Å². The van der Waals surface area contributed by atoms with E-state index in [4.69, 9.17) is 4.52 Å². The van der Waals surface area contributed by atoms with Crippen LogP contribution in [0.25, 0.3) is 22.2 Å². The molecule has 2 aromatic carbocycles. The van der Waals surface area contributed by atoms with Crippen molar-refractivity contribution < 1.29 is 4.52 Å². The molecule has 4 rings (SSSR count). The van der Waals surface area contributed by atoms with Gasteiger partial charge >= 0.3 is 0 Å². The number of hydrogen-bond acceptors (Lipinski definition) is 5. The zero-order valence-corrected chi connectivity index (χ0v) is 14.4. The van der Waals surface area contributed by atoms with E-state index < -0.39 is 0 Å². The molecular weight excluding hydrogens is 330 g/mol. The van der Waals surface area contributed by atoms with E-state index in [1.54, 1.807) is 12.4 Å². The highest BCUT2D eigenvalue weighted by Crippen LogP contribution is 2.24. The summed E-state index contributed by atoms with van der Waals surface area (Å²) in [6.07, 6.45) is 5.24. The van der Waals surface area contributed by atoms with Crippen molar-refractivity contribution in [3.8, 4) is 11.4 Å². The average molecular weight is 347 g/mol. The van der Waals surface area contributed by atoms with Crippen molar-refractivity contribution >= 4 is 22.5 Å². The van der Waals surface area contributed by atoms with Crippen molar-refractivity contribution in [2.24, 2.45) is 0 Å². The highest BCUT2D eigenvalue weighted by Gasteiger charge is 2.08. The molecular formula is C20H17N3OS. The number of fused-ring (bicyclic) bond motifs is 1. The molecule has 0 aliphatic carbocycles. The van der Waals surface area contributed by atoms with Crippen molar-refractivity contribution in [1.29, 1.82) is 0 Å². The second kappa shape index (κ2) is 7.49. The zero-order valence-electron chi connectivity index (χ0n) is 13.6. The third-order valence-corrected chi connectivity index (χ3v) is 5.01. The fraction of sp³-hybridized carbons (Fsp3) is 0.150. The van der Waals surface area contributed by atoms with E-state index >= 15 is 0 Å². The Labute approximate surface area is 150 Å². The Kier molecular flexibility index (Phi) is 4.74. The molecule has 0 amide bonds. The number of nitrogens with zero attached hydrogens (tertiary/aromatic N) is 3. The van der Waals surface area contributed by atoms with Gasteiger partial charge in [-0.2, -0.15) is 4.98 Å². The van der Waals surface area contributed by atoms with E-state index in [9.17, 15) is 0 Å². The molecule has 0 spiro atoms. The molecule has 2 heterocycles. The number of hydrogen-bond donors (Lipinski definition) is 0. The zero-order chi connectivity index (χ0) is 16.9. The largest absolute Gasteiger partial charge is 0.339 e. The molecule has 4 nitrogen and oxygen atoms in total. The molecule has 0 N–H and O–H groups in total. The molecule has 0 radical (unpaired) electrons. The Morgan fingerprint density at radius 3 is 2.64 bits per heavy atom. The molecule has 0 unspecified atom stereocenters. The van der Waals surface area contributed by atoms with Gasteiger partial charge in [0.05, 0.1) is 0 Å². The average Bonchev–Trinajstić information content (AvgIpc) is 3.15. The maximum Gasteiger partial charge on any atom is 0.226 e. The molecule has 4 aromatic rings. The summed E-state index contributed by atoms with van der Waals surface area (Å²) < 4.78 is 5.34. The first-order valence-electron chi connectivity index (χ1n) is 8.23. The number of pyridine rings is 1. The lowest BCUT2D eigenvalue weighted by Gasteiger charge is -2.03. The molecule has 5 heteroatoms. The monoisotopic (exact) mass is 347 g/mol. The van der Waals surface area contributed by atoms with Crippen LogP contribution in [-0.2, 0) is 6.42 Å². The smallest absolute Gasteiger partial charge is 0.226 e. The SMILES string of the molecule is c1ccc2cc(SCCCc3nc(-c4ccncc4)no3)ccc2c1. The summed E-state index contributed by atoms with van der Waals surface area (Å²) in [7, 11) is 0. The Hall–Kier alpha value is -2.66. The van der Waals surface area contributed by atoms with Crippen molar-refractivity contribution in [3.05, 3.63) is 72.9 Å². The quantitative estimate of drug-likeness (QED) is 0.362. The summed E-state index contributed by atoms with van der Waals surface area (Å²) in [6.45, 7) is 0. The first-order chi connectivity index (χ1) is 12.4. The number of rotatable bonds is 6. The summed E-state index contributed by atoms with van der Waals surface area (Å²) in [5.41, 5.74) is 0.926. The fourth-order valence-corrected chi connectivity index (χ4v) is 3.54. The molecule has 124 valence electrons. The maximum atomic E-state index is 5.34. The molecule has 0 saturated carbocycles. The van der Waals surface area contributed by atoms with Crippen LogP contribution in [0.1, 0.15) is 12.3 Å². The van der Waals surface area contributed by atoms with E-state index in [1.165, 1.54) is 15.7 Å². The minimum atomic E-state index is 0.625. The van der Waals surface area contributed by atoms with E-state index in [0.717, 1.165) is 24.2 Å². The van der Waals surface area contributed by atoms with Crippen LogP contribution >= 0.6 is 11.8 Å². The van der Waals surface area contributed by atoms with Gasteiger partial charge in [-0.15, -0.1) is 11.8 Å². The van der Waals surface area contributed by atoms with Gasteiger partial charge in [-0.3, -0.25) is 4.98 Å². The first kappa shape index (κ1) is 15.8. The fourth-order valence-electron chi connectivity index (χ4n) is 2.65. The lowest BCUT2D eigenvalue weighted by atomic mass is 10.1. The normalized spacial score (nSPS) is 11.0. The number of thioether (sulfide) groups is 1. The molecule has 0 bridgehead atoms. The predicted molar refractivity (Wildman–Crippen MR) is 101 cm³/mol. The lowest BCUT2D eigenvalue weighted by molar-refractivity contribution is 0.378. The van der Waals surface area contributed by atoms with Gasteiger partial charge < -0.3 is 4.52 Å². The van der Waals surface area contributed by atoms with Crippen LogP contribution in [0.4, 0.5) is 0 Å². The van der Waals surface area contributed by atoms with E-state index in [2.05, 4.69) is 57.6 Å². The summed E-state index contributed by atoms with van der Waals surface area (Å²) in [6, 6.07) is 18.8. The van der Waals surface area contributed by atoms with Crippen molar-refractivity contribution in [2.45, 2.75) is 17.7 Å². The van der Waals surface area contributed by atoms with Crippen LogP contribution in [0, 0.1) is 0 Å². The third-order valence-electron chi connectivity index (χ3n) is 3.93. The van der Waals surface area contributed by atoms with Gasteiger partial charge in [0, 0.05) is 29.3 Å². The van der Waals surface area contributed by atoms with E-state index in [1.807, 2.05) is 23.9 Å². The molecule has 2 aromatic heterocycles. The standard InChI is InChI=1S/C20H17N3OS/c1-2-5-17-14-18(8-7-15(17)4-1)25-13-3-6-19-22-20(23-24-19)16-9-11-21-12-10-16/h1-2,4-5,7-12,14H,3,6,13H2. The number of benzene rings is 2. The number of aryl methyl sites for hydroxylation is 1. The van der Waals surface area contributed by atoms with Gasteiger partial charge in [0.15, 0.2) is 0 Å². The minimum Gasteiger partial charge on any atom is -0.339 e. The highest BCUT2D eigenvalue weighted by atomic mass is 32.2. The lowest BCUT2D eigenvalue weighted by Crippen LogP contribution is -1.89. The Bertz CT molecular complexity index is 969. The molecule has 0 aliphatic rings. The third kappa shape index (κ3) is 3.88. The van der Waals surface area contributed by atoms with Crippen molar-refractivity contribution in [2.75, 3.05) is 5.75 Å². The summed E-state index contributed by atoms with van der Waals surface area (Å²) in [5, 5.41) is 6.60. The maximum absolute atomic E-state index is 5.34. The first-order valence-corrected chi connectivity index (χ1v) is 9.22. The van der Waals surface area contributed by atoms with Gasteiger partial charge in [-0.05, 0) is 47.2 Å². The van der Waals surface area contributed by atoms with E-state index in [0.29, 0.717) is 11.7 Å². The van der Waals surface area contributed by atoms with Crippen LogP contribution in [0.2, 0.25) is 0 Å². The van der Waals surface area contributed by atoms with Gasteiger partial charge in [0.1, 0.15) is 0 Å². The van der Waals surface area contributed by atoms with Crippen molar-refractivity contribution in [3.63, 3.8) is 0 Å². The van der Waals surface area contributed by atoms with Crippen molar-refractivity contribution in [1.82, 2.24) is 15.1 Å². The summed E-state index contributed by atoms with van der Waals surface area (Å²) in [4.78, 5) is 9.74. The molecule has 0 atom stereocenters. The highest BCUT2D eigenvalue weighted by molar-refractivity contribution is 7.99. The minimum absolute atomic E-state index is 0.625. The Morgan fingerprint density at radius 2 is 1.76 bits per heavy atom. The summed E-state index contributed by atoms with van der Waals surface area (Å²) >= 11 is 1.86. The van der Waals surface area contributed by atoms with Crippen LogP contribution in [0.3, 0.4) is 0 Å². The predicted octanol–water partition coefficient (Wildman–Crippen LogP) is 5.01. The topological polar surface area (TPSA) is 51.8 Å². The second-order valence-corrected chi connectivity index (χ2v) is 6.88. The number of aromatic nitrogens is 3. The summed E-state index contributed by atoms with van der Waals surface area (Å²) in [5.74, 6) is 2.33. The van der Waals surface area contributed by atoms with Gasteiger partial charge in [-0.25, -0.2) is 0 Å². The molecule has 25 heavy (non-hydrogen) atoms. The molecule has 0 aliphatic heterocycles. The van der Waals surface area contributed by atoms with E-state index in [-0.39, 0.29) is 0 Å². The van der Waals surface area contributed by atoms with Crippen LogP contribution < -0.4 is 0 Å². The van der Waals surface area contributed by atoms with Gasteiger partial charge in [-0.1, -0.05) is 35.5 Å². The Morgan fingerprint density at radius 1 is 0.920 bits per heavy atom. The second-order valence-electron chi connectivity index (χ2n) is 5.71. The van der Waals surface area contributed by atoms with Crippen LogP contribution in [0.5, 0.6) is 0 Å². The molecule has 0 saturated heterocycles. The Balaban J connectivity index is 1.31. The van der Waals surface area contributed by atoms with Crippen LogP contribution in [-0.4, -0.2) is 20.9 Å².